The lowest BCUT2D eigenvalue weighted by Gasteiger charge is -2.12. The minimum absolute atomic E-state index is 0.0489. The summed E-state index contributed by atoms with van der Waals surface area (Å²) in [6.45, 7) is -0.298. The average Bonchev–Trinajstić information content (AvgIpc) is 2.94. The lowest BCUT2D eigenvalue weighted by Crippen LogP contribution is -2.15. The molecule has 0 spiro atoms. The lowest BCUT2D eigenvalue weighted by atomic mass is 10.1. The predicted octanol–water partition coefficient (Wildman–Crippen LogP) is 2.77. The van der Waals surface area contributed by atoms with Crippen LogP contribution in [0.1, 0.15) is 15.9 Å². The van der Waals surface area contributed by atoms with Gasteiger partial charge in [-0.3, -0.25) is 19.8 Å². The zero-order chi connectivity index (χ0) is 17.4. The zero-order valence-electron chi connectivity index (χ0n) is 12.2. The molecule has 1 heterocycles. The highest BCUT2D eigenvalue weighted by Gasteiger charge is 2.19. The maximum atomic E-state index is 12.8. The van der Waals surface area contributed by atoms with Crippen LogP contribution in [0.4, 0.5) is 5.69 Å². The van der Waals surface area contributed by atoms with Gasteiger partial charge in [-0.05, 0) is 24.3 Å². The van der Waals surface area contributed by atoms with Gasteiger partial charge in [0.1, 0.15) is 11.4 Å². The van der Waals surface area contributed by atoms with Gasteiger partial charge in [-0.2, -0.15) is 0 Å². The van der Waals surface area contributed by atoms with Crippen molar-refractivity contribution in [1.29, 1.82) is 0 Å². The minimum Gasteiger partial charge on any atom is -0.506 e. The molecule has 0 saturated carbocycles. The smallest absolute Gasteiger partial charge is 0.262 e. The Labute approximate surface area is 141 Å². The molecule has 0 aliphatic rings. The van der Waals surface area contributed by atoms with E-state index in [1.54, 1.807) is 12.1 Å². The first kappa shape index (κ1) is 16.3. The molecule has 0 aliphatic carbocycles. The zero-order valence-corrected chi connectivity index (χ0v) is 13.0. The summed E-state index contributed by atoms with van der Waals surface area (Å²) < 4.78 is 1.20. The lowest BCUT2D eigenvalue weighted by molar-refractivity contribution is 0.0292. The summed E-state index contributed by atoms with van der Waals surface area (Å²) in [5, 5.41) is 38.3. The van der Waals surface area contributed by atoms with Gasteiger partial charge >= 0.3 is 0 Å². The third-order valence-corrected chi connectivity index (χ3v) is 4.00. The van der Waals surface area contributed by atoms with Crippen LogP contribution in [0.5, 0.6) is 5.75 Å². The van der Waals surface area contributed by atoms with Crippen LogP contribution < -0.4 is 5.23 Å². The summed E-state index contributed by atoms with van der Waals surface area (Å²) in [5.74, 6) is -0.637. The molecule has 2 aromatic carbocycles. The van der Waals surface area contributed by atoms with E-state index >= 15 is 0 Å². The molecule has 3 rings (SSSR count). The van der Waals surface area contributed by atoms with Crippen molar-refractivity contribution in [2.45, 2.75) is 6.61 Å². The number of carbonyl (C=O) groups is 1. The second kappa shape index (κ2) is 6.14. The summed E-state index contributed by atoms with van der Waals surface area (Å²) >= 11 is 5.84. The van der Waals surface area contributed by atoms with Crippen molar-refractivity contribution in [2.75, 3.05) is 5.23 Å². The van der Waals surface area contributed by atoms with Gasteiger partial charge in [0.15, 0.2) is 0 Å². The third-order valence-electron chi connectivity index (χ3n) is 3.68. The van der Waals surface area contributed by atoms with Gasteiger partial charge in [0.05, 0.1) is 17.1 Å². The number of fused-ring (bicyclic) bond motifs is 1. The maximum absolute atomic E-state index is 12.8. The Morgan fingerprint density at radius 3 is 2.62 bits per heavy atom. The molecule has 8 heteroatoms. The first-order chi connectivity index (χ1) is 11.4. The molecule has 0 saturated heterocycles. The molecule has 1 aromatic heterocycles. The fraction of sp³-hybridized carbons (Fsp3) is 0.0625. The molecule has 0 unspecified atom stereocenters. The number of carbonyl (C=O) groups excluding carboxylic acids is 1. The molecule has 0 atom stereocenters. The van der Waals surface area contributed by atoms with Crippen LogP contribution >= 0.6 is 11.6 Å². The Balaban J connectivity index is 2.18. The number of aliphatic hydroxyl groups is 1. The average molecular weight is 349 g/mol. The van der Waals surface area contributed by atoms with Gasteiger partial charge in [0.25, 0.3) is 5.91 Å². The van der Waals surface area contributed by atoms with E-state index in [-0.39, 0.29) is 39.4 Å². The third kappa shape index (κ3) is 2.59. The van der Waals surface area contributed by atoms with Crippen molar-refractivity contribution in [2.24, 2.45) is 0 Å². The molecule has 0 radical (unpaired) electrons. The van der Waals surface area contributed by atoms with Gasteiger partial charge in [-0.15, -0.1) is 5.23 Å². The molecule has 3 aromatic rings. The van der Waals surface area contributed by atoms with E-state index in [1.165, 1.54) is 35.0 Å². The Morgan fingerprint density at radius 1 is 1.21 bits per heavy atom. The van der Waals surface area contributed by atoms with E-state index in [0.29, 0.717) is 10.9 Å². The number of hydrogen-bond acceptors (Lipinski definition) is 6. The largest absolute Gasteiger partial charge is 0.506 e. The van der Waals surface area contributed by atoms with Gasteiger partial charge in [-0.1, -0.05) is 23.7 Å². The number of phenolic OH excluding ortho intramolecular Hbond substituents is 1. The Morgan fingerprint density at radius 2 is 1.96 bits per heavy atom. The van der Waals surface area contributed by atoms with Crippen LogP contribution in [0.3, 0.4) is 0 Å². The Kier molecular flexibility index (Phi) is 4.16. The summed E-state index contributed by atoms with van der Waals surface area (Å²) in [6.07, 6.45) is 1.43. The fourth-order valence-electron chi connectivity index (χ4n) is 2.56. The predicted molar refractivity (Wildman–Crippen MR) is 86.8 cm³/mol. The number of para-hydroxylation sites is 1. The van der Waals surface area contributed by atoms with E-state index in [0.717, 1.165) is 0 Å². The van der Waals surface area contributed by atoms with Crippen LogP contribution in [0, 0.1) is 0 Å². The number of benzene rings is 2. The highest BCUT2D eigenvalue weighted by Crippen LogP contribution is 2.31. The number of phenols is 1. The van der Waals surface area contributed by atoms with Crippen LogP contribution in [-0.2, 0) is 6.61 Å². The van der Waals surface area contributed by atoms with Crippen molar-refractivity contribution < 1.29 is 25.4 Å². The molecule has 7 nitrogen and oxygen atoms in total. The molecular formula is C16H13ClN2O5. The molecule has 4 N–H and O–H groups in total. The van der Waals surface area contributed by atoms with Crippen molar-refractivity contribution in [3.8, 4) is 5.75 Å². The first-order valence-corrected chi connectivity index (χ1v) is 7.26. The summed E-state index contributed by atoms with van der Waals surface area (Å²) in [6, 6.07) is 8.70. The van der Waals surface area contributed by atoms with Crippen LogP contribution in [-0.4, -0.2) is 31.1 Å². The molecule has 0 amide bonds. The Hall–Kier alpha value is -2.58. The molecule has 0 bridgehead atoms. The fourth-order valence-corrected chi connectivity index (χ4v) is 2.75. The summed E-state index contributed by atoms with van der Waals surface area (Å²) in [7, 11) is 0. The molecular weight excluding hydrogens is 336 g/mol. The number of nitrogens with zero attached hydrogens (tertiary/aromatic N) is 2. The molecule has 0 aliphatic heterocycles. The maximum Gasteiger partial charge on any atom is 0.262 e. The number of hydrogen-bond donors (Lipinski definition) is 4. The number of rotatable bonds is 3. The second-order valence-electron chi connectivity index (χ2n) is 5.12. The second-order valence-corrected chi connectivity index (χ2v) is 5.52. The molecule has 24 heavy (non-hydrogen) atoms. The standard InChI is InChI=1S/C16H13ClN2O5/c17-12-5-4-9(6-13(12)19(23)24)16(22)18-7-10(8-20)11-2-1-3-14(21)15(11)18/h1-7,20-21,23-24H,8H2. The highest BCUT2D eigenvalue weighted by molar-refractivity contribution is 6.33. The van der Waals surface area contributed by atoms with Crippen LogP contribution in [0.2, 0.25) is 5.02 Å². The van der Waals surface area contributed by atoms with E-state index < -0.39 is 5.91 Å². The van der Waals surface area contributed by atoms with E-state index in [1.807, 2.05) is 0 Å². The topological polar surface area (TPSA) is 106 Å². The Bertz CT molecular complexity index is 936. The molecule has 124 valence electrons. The number of anilines is 1. The van der Waals surface area contributed by atoms with E-state index in [4.69, 9.17) is 22.0 Å². The van der Waals surface area contributed by atoms with E-state index in [9.17, 15) is 15.0 Å². The van der Waals surface area contributed by atoms with Gasteiger partial charge < -0.3 is 10.2 Å². The SMILES string of the molecule is O=C(c1ccc(Cl)c(N(O)O)c1)n1cc(CO)c2cccc(O)c21. The van der Waals surface area contributed by atoms with Crippen molar-refractivity contribution in [1.82, 2.24) is 4.57 Å². The van der Waals surface area contributed by atoms with Crippen LogP contribution in [0.25, 0.3) is 10.9 Å². The van der Waals surface area contributed by atoms with Gasteiger partial charge in [0.2, 0.25) is 0 Å². The van der Waals surface area contributed by atoms with E-state index in [2.05, 4.69) is 0 Å². The first-order valence-electron chi connectivity index (χ1n) is 6.89. The number of halogens is 1. The van der Waals surface area contributed by atoms with Crippen LogP contribution in [0.15, 0.2) is 42.6 Å². The van der Waals surface area contributed by atoms with Gasteiger partial charge in [-0.25, -0.2) is 0 Å². The van der Waals surface area contributed by atoms with Gasteiger partial charge in [0, 0.05) is 22.7 Å². The van der Waals surface area contributed by atoms with Crippen molar-refractivity contribution in [3.63, 3.8) is 0 Å². The monoisotopic (exact) mass is 348 g/mol. The number of aliphatic hydroxyl groups excluding tert-OH is 1. The molecule has 0 fully saturated rings. The highest BCUT2D eigenvalue weighted by atomic mass is 35.5. The van der Waals surface area contributed by atoms with Crippen molar-refractivity contribution >= 4 is 34.1 Å². The summed E-state index contributed by atoms with van der Waals surface area (Å²) in [4.78, 5) is 12.8. The van der Waals surface area contributed by atoms with Crippen molar-refractivity contribution in [3.05, 3.63) is 58.7 Å². The minimum atomic E-state index is -0.527. The number of aromatic hydroxyl groups is 1. The quantitative estimate of drug-likeness (QED) is 0.542. The number of aromatic nitrogens is 1. The normalized spacial score (nSPS) is 11.0. The summed E-state index contributed by atoms with van der Waals surface area (Å²) in [5.41, 5.74) is 0.694.